The Bertz CT molecular complexity index is 318. The van der Waals surface area contributed by atoms with Crippen molar-refractivity contribution in [3.05, 3.63) is 22.5 Å². The summed E-state index contributed by atoms with van der Waals surface area (Å²) in [5.74, 6) is 0.384. The lowest BCUT2D eigenvalue weighted by molar-refractivity contribution is 0.456. The van der Waals surface area contributed by atoms with Gasteiger partial charge in [-0.2, -0.15) is 5.10 Å². The van der Waals surface area contributed by atoms with E-state index >= 15 is 0 Å². The molecule has 12 heavy (non-hydrogen) atoms. The molecule has 1 aromatic heterocycles. The first-order chi connectivity index (χ1) is 5.65. The SMILES string of the molecule is CC[C@H](C)n1nc(N)ccc1=O. The van der Waals surface area contributed by atoms with Gasteiger partial charge in [0.05, 0.1) is 6.04 Å². The number of nitrogens with two attached hydrogens (primary N) is 1. The van der Waals surface area contributed by atoms with Crippen LogP contribution in [0.15, 0.2) is 16.9 Å². The van der Waals surface area contributed by atoms with Crippen molar-refractivity contribution in [1.29, 1.82) is 0 Å². The molecule has 1 atom stereocenters. The van der Waals surface area contributed by atoms with Gasteiger partial charge in [-0.25, -0.2) is 4.68 Å². The van der Waals surface area contributed by atoms with Crippen molar-refractivity contribution < 1.29 is 0 Å². The highest BCUT2D eigenvalue weighted by molar-refractivity contribution is 5.23. The largest absolute Gasteiger partial charge is 0.382 e. The zero-order valence-corrected chi connectivity index (χ0v) is 7.32. The van der Waals surface area contributed by atoms with Gasteiger partial charge in [0.25, 0.3) is 5.56 Å². The van der Waals surface area contributed by atoms with Crippen molar-refractivity contribution in [1.82, 2.24) is 9.78 Å². The normalized spacial score (nSPS) is 12.8. The molecule has 0 saturated heterocycles. The second-order valence-electron chi connectivity index (χ2n) is 2.80. The molecule has 0 aliphatic heterocycles. The number of anilines is 1. The van der Waals surface area contributed by atoms with Crippen LogP contribution in [0.4, 0.5) is 5.82 Å². The third-order valence-corrected chi connectivity index (χ3v) is 1.85. The topological polar surface area (TPSA) is 60.9 Å². The molecule has 1 heterocycles. The average Bonchev–Trinajstić information content (AvgIpc) is 2.08. The number of nitrogens with zero attached hydrogens (tertiary/aromatic N) is 2. The predicted molar refractivity (Wildman–Crippen MR) is 47.9 cm³/mol. The van der Waals surface area contributed by atoms with Crippen molar-refractivity contribution >= 4 is 5.82 Å². The molecular weight excluding hydrogens is 154 g/mol. The lowest BCUT2D eigenvalue weighted by atomic mass is 10.3. The quantitative estimate of drug-likeness (QED) is 0.708. The molecule has 66 valence electrons. The number of nitrogen functional groups attached to an aromatic ring is 1. The van der Waals surface area contributed by atoms with Crippen LogP contribution in [0.5, 0.6) is 0 Å². The van der Waals surface area contributed by atoms with Crippen molar-refractivity contribution in [2.45, 2.75) is 26.3 Å². The van der Waals surface area contributed by atoms with Gasteiger partial charge in [-0.3, -0.25) is 4.79 Å². The molecule has 0 fully saturated rings. The van der Waals surface area contributed by atoms with Gasteiger partial charge < -0.3 is 5.73 Å². The molecule has 1 rings (SSSR count). The van der Waals surface area contributed by atoms with E-state index in [4.69, 9.17) is 5.73 Å². The van der Waals surface area contributed by atoms with Crippen LogP contribution in [0.2, 0.25) is 0 Å². The monoisotopic (exact) mass is 167 g/mol. The summed E-state index contributed by atoms with van der Waals surface area (Å²) >= 11 is 0. The van der Waals surface area contributed by atoms with E-state index in [1.807, 2.05) is 13.8 Å². The van der Waals surface area contributed by atoms with Gasteiger partial charge in [0.2, 0.25) is 0 Å². The highest BCUT2D eigenvalue weighted by Crippen LogP contribution is 2.04. The first-order valence-corrected chi connectivity index (χ1v) is 4.00. The van der Waals surface area contributed by atoms with Gasteiger partial charge in [-0.05, 0) is 19.4 Å². The maximum Gasteiger partial charge on any atom is 0.267 e. The Labute approximate surface area is 71.0 Å². The second kappa shape index (κ2) is 3.38. The minimum atomic E-state index is -0.0986. The molecule has 0 aliphatic carbocycles. The summed E-state index contributed by atoms with van der Waals surface area (Å²) < 4.78 is 1.41. The Balaban J connectivity index is 3.13. The van der Waals surface area contributed by atoms with Gasteiger partial charge in [0.15, 0.2) is 0 Å². The van der Waals surface area contributed by atoms with Crippen LogP contribution in [0.3, 0.4) is 0 Å². The summed E-state index contributed by atoms with van der Waals surface area (Å²) in [4.78, 5) is 11.2. The van der Waals surface area contributed by atoms with Crippen molar-refractivity contribution in [3.63, 3.8) is 0 Å². The molecule has 2 N–H and O–H groups in total. The van der Waals surface area contributed by atoms with Crippen LogP contribution >= 0.6 is 0 Å². The van der Waals surface area contributed by atoms with Crippen LogP contribution in [-0.4, -0.2) is 9.78 Å². The molecule has 1 aromatic rings. The van der Waals surface area contributed by atoms with E-state index in [1.165, 1.54) is 16.8 Å². The lowest BCUT2D eigenvalue weighted by Gasteiger charge is -2.10. The van der Waals surface area contributed by atoms with Gasteiger partial charge in [0, 0.05) is 6.07 Å². The highest BCUT2D eigenvalue weighted by Gasteiger charge is 2.04. The van der Waals surface area contributed by atoms with E-state index < -0.39 is 0 Å². The van der Waals surface area contributed by atoms with Crippen LogP contribution in [0, 0.1) is 0 Å². The predicted octanol–water partition coefficient (Wildman–Crippen LogP) is 0.796. The smallest absolute Gasteiger partial charge is 0.267 e. The molecular formula is C8H13N3O. The van der Waals surface area contributed by atoms with Crippen LogP contribution < -0.4 is 11.3 Å². The zero-order valence-electron chi connectivity index (χ0n) is 7.32. The average molecular weight is 167 g/mol. The summed E-state index contributed by atoms with van der Waals surface area (Å²) in [6.45, 7) is 3.94. The van der Waals surface area contributed by atoms with E-state index in [2.05, 4.69) is 5.10 Å². The summed E-state index contributed by atoms with van der Waals surface area (Å²) in [6, 6.07) is 3.07. The van der Waals surface area contributed by atoms with Gasteiger partial charge in [0.1, 0.15) is 5.82 Å². The first-order valence-electron chi connectivity index (χ1n) is 4.00. The van der Waals surface area contributed by atoms with Gasteiger partial charge >= 0.3 is 0 Å². The molecule has 0 aromatic carbocycles. The number of hydrogen-bond acceptors (Lipinski definition) is 3. The van der Waals surface area contributed by atoms with E-state index in [9.17, 15) is 4.79 Å². The minimum absolute atomic E-state index is 0.0986. The van der Waals surface area contributed by atoms with Crippen molar-refractivity contribution in [2.75, 3.05) is 5.73 Å². The Morgan fingerprint density at radius 3 is 2.92 bits per heavy atom. The van der Waals surface area contributed by atoms with E-state index in [1.54, 1.807) is 0 Å². The zero-order chi connectivity index (χ0) is 9.14. The second-order valence-corrected chi connectivity index (χ2v) is 2.80. The Morgan fingerprint density at radius 1 is 1.67 bits per heavy atom. The van der Waals surface area contributed by atoms with Crippen LogP contribution in [0.1, 0.15) is 26.3 Å². The fourth-order valence-electron chi connectivity index (χ4n) is 0.929. The summed E-state index contributed by atoms with van der Waals surface area (Å²) in [6.07, 6.45) is 0.871. The molecule has 0 amide bonds. The molecule has 4 nitrogen and oxygen atoms in total. The van der Waals surface area contributed by atoms with Crippen molar-refractivity contribution in [2.24, 2.45) is 0 Å². The lowest BCUT2D eigenvalue weighted by Crippen LogP contribution is -2.25. The molecule has 0 radical (unpaired) electrons. The van der Waals surface area contributed by atoms with E-state index in [0.29, 0.717) is 5.82 Å². The standard InChI is InChI=1S/C8H13N3O/c1-3-6(2)11-8(12)5-4-7(9)10-11/h4-6H,3H2,1-2H3,(H2,9,10)/t6-/m0/s1. The number of rotatable bonds is 2. The third kappa shape index (κ3) is 1.64. The highest BCUT2D eigenvalue weighted by atomic mass is 16.1. The number of hydrogen-bond donors (Lipinski definition) is 1. The molecule has 0 unspecified atom stereocenters. The molecule has 0 aliphatic rings. The van der Waals surface area contributed by atoms with Crippen LogP contribution in [0.25, 0.3) is 0 Å². The maximum atomic E-state index is 11.2. The van der Waals surface area contributed by atoms with E-state index in [-0.39, 0.29) is 11.6 Å². The molecule has 4 heteroatoms. The Hall–Kier alpha value is -1.32. The Morgan fingerprint density at radius 2 is 2.33 bits per heavy atom. The minimum Gasteiger partial charge on any atom is -0.382 e. The summed E-state index contributed by atoms with van der Waals surface area (Å²) in [7, 11) is 0. The Kier molecular flexibility index (Phi) is 2.47. The summed E-state index contributed by atoms with van der Waals surface area (Å²) in [5.41, 5.74) is 5.35. The van der Waals surface area contributed by atoms with Crippen LogP contribution in [-0.2, 0) is 0 Å². The van der Waals surface area contributed by atoms with Crippen molar-refractivity contribution in [3.8, 4) is 0 Å². The van der Waals surface area contributed by atoms with Gasteiger partial charge in [-0.1, -0.05) is 6.92 Å². The summed E-state index contributed by atoms with van der Waals surface area (Å²) in [5, 5.41) is 3.93. The third-order valence-electron chi connectivity index (χ3n) is 1.85. The first kappa shape index (κ1) is 8.77. The fraction of sp³-hybridized carbons (Fsp3) is 0.500. The fourth-order valence-corrected chi connectivity index (χ4v) is 0.929. The molecule has 0 spiro atoms. The van der Waals surface area contributed by atoms with Gasteiger partial charge in [-0.15, -0.1) is 0 Å². The maximum absolute atomic E-state index is 11.2. The van der Waals surface area contributed by atoms with E-state index in [0.717, 1.165) is 6.42 Å². The molecule has 0 saturated carbocycles. The number of aromatic nitrogens is 2. The molecule has 0 bridgehead atoms.